The SMILES string of the molecule is CN(C)CCOc1cc(Nc2ccc(Cl)cc2)cc2c1[nH]c1ccc(Cl)cc12. The maximum absolute atomic E-state index is 6.24. The molecular weight excluding hydrogens is 393 g/mol. The van der Waals surface area contributed by atoms with E-state index in [9.17, 15) is 0 Å². The number of fused-ring (bicyclic) bond motifs is 3. The molecule has 0 fully saturated rings. The van der Waals surface area contributed by atoms with Crippen LogP contribution in [0.2, 0.25) is 10.0 Å². The first-order chi connectivity index (χ1) is 13.5. The van der Waals surface area contributed by atoms with Crippen LogP contribution in [0.3, 0.4) is 0 Å². The van der Waals surface area contributed by atoms with Gasteiger partial charge in [0.1, 0.15) is 12.4 Å². The molecule has 0 radical (unpaired) electrons. The minimum absolute atomic E-state index is 0.600. The monoisotopic (exact) mass is 413 g/mol. The molecule has 1 heterocycles. The number of halogens is 2. The molecule has 0 spiro atoms. The van der Waals surface area contributed by atoms with Crippen molar-refractivity contribution in [2.24, 2.45) is 0 Å². The molecular formula is C22H21Cl2N3O. The van der Waals surface area contributed by atoms with Crippen molar-refractivity contribution in [1.29, 1.82) is 0 Å². The second-order valence-corrected chi connectivity index (χ2v) is 7.87. The maximum atomic E-state index is 6.24. The lowest BCUT2D eigenvalue weighted by Gasteiger charge is -2.14. The molecule has 0 bridgehead atoms. The number of hydrogen-bond acceptors (Lipinski definition) is 3. The number of nitrogens with zero attached hydrogens (tertiary/aromatic N) is 1. The van der Waals surface area contributed by atoms with Crippen LogP contribution in [0.1, 0.15) is 0 Å². The van der Waals surface area contributed by atoms with Crippen molar-refractivity contribution < 1.29 is 4.74 Å². The predicted molar refractivity (Wildman–Crippen MR) is 120 cm³/mol. The van der Waals surface area contributed by atoms with E-state index < -0.39 is 0 Å². The summed E-state index contributed by atoms with van der Waals surface area (Å²) in [4.78, 5) is 5.56. The van der Waals surface area contributed by atoms with Gasteiger partial charge < -0.3 is 19.9 Å². The summed E-state index contributed by atoms with van der Waals surface area (Å²) < 4.78 is 6.12. The highest BCUT2D eigenvalue weighted by atomic mass is 35.5. The number of hydrogen-bond donors (Lipinski definition) is 2. The van der Waals surface area contributed by atoms with Crippen LogP contribution in [-0.4, -0.2) is 37.1 Å². The van der Waals surface area contributed by atoms with E-state index in [0.717, 1.165) is 45.5 Å². The third-order valence-electron chi connectivity index (χ3n) is 4.56. The smallest absolute Gasteiger partial charge is 0.145 e. The van der Waals surface area contributed by atoms with Gasteiger partial charge in [-0.2, -0.15) is 0 Å². The number of rotatable bonds is 6. The van der Waals surface area contributed by atoms with Crippen LogP contribution < -0.4 is 10.1 Å². The number of likely N-dealkylation sites (N-methyl/N-ethyl adjacent to an activating group) is 1. The molecule has 0 aliphatic carbocycles. The van der Waals surface area contributed by atoms with Gasteiger partial charge in [0.2, 0.25) is 0 Å². The van der Waals surface area contributed by atoms with E-state index in [1.807, 2.05) is 62.6 Å². The summed E-state index contributed by atoms with van der Waals surface area (Å²) in [5.41, 5.74) is 3.90. The van der Waals surface area contributed by atoms with E-state index in [1.54, 1.807) is 0 Å². The standard InChI is InChI=1S/C22H21Cl2N3O/c1-27(2)9-10-28-21-13-17(25-16-6-3-14(23)4-7-16)12-19-18-11-15(24)5-8-20(18)26-22(19)21/h3-8,11-13,25-26H,9-10H2,1-2H3. The van der Waals surface area contributed by atoms with Crippen LogP contribution >= 0.6 is 23.2 Å². The van der Waals surface area contributed by atoms with Crippen molar-refractivity contribution in [2.45, 2.75) is 0 Å². The topological polar surface area (TPSA) is 40.3 Å². The molecule has 28 heavy (non-hydrogen) atoms. The van der Waals surface area contributed by atoms with Gasteiger partial charge in [0, 0.05) is 50.3 Å². The lowest BCUT2D eigenvalue weighted by atomic mass is 10.1. The van der Waals surface area contributed by atoms with Gasteiger partial charge in [-0.25, -0.2) is 0 Å². The summed E-state index contributed by atoms with van der Waals surface area (Å²) in [6.07, 6.45) is 0. The molecule has 0 saturated heterocycles. The number of anilines is 2. The Hall–Kier alpha value is -2.40. The molecule has 4 nitrogen and oxygen atoms in total. The second-order valence-electron chi connectivity index (χ2n) is 7.00. The van der Waals surface area contributed by atoms with Crippen molar-refractivity contribution in [3.8, 4) is 5.75 Å². The van der Waals surface area contributed by atoms with E-state index in [2.05, 4.69) is 21.3 Å². The van der Waals surface area contributed by atoms with Gasteiger partial charge in [-0.05, 0) is 62.6 Å². The average Bonchev–Trinajstić information content (AvgIpc) is 3.01. The number of nitrogens with one attached hydrogen (secondary N) is 2. The molecule has 3 aromatic carbocycles. The molecule has 4 aromatic rings. The van der Waals surface area contributed by atoms with Crippen molar-refractivity contribution in [2.75, 3.05) is 32.6 Å². The molecule has 144 valence electrons. The highest BCUT2D eigenvalue weighted by molar-refractivity contribution is 6.32. The highest BCUT2D eigenvalue weighted by Gasteiger charge is 2.12. The summed E-state index contributed by atoms with van der Waals surface area (Å²) in [5, 5.41) is 6.99. The van der Waals surface area contributed by atoms with Gasteiger partial charge in [0.25, 0.3) is 0 Å². The summed E-state index contributed by atoms with van der Waals surface area (Å²) in [6.45, 7) is 1.44. The van der Waals surface area contributed by atoms with Crippen LogP contribution in [0, 0.1) is 0 Å². The molecule has 0 unspecified atom stereocenters. The summed E-state index contributed by atoms with van der Waals surface area (Å²) in [5.74, 6) is 0.808. The summed E-state index contributed by atoms with van der Waals surface area (Å²) in [6, 6.07) is 17.6. The molecule has 0 aliphatic heterocycles. The number of H-pyrrole nitrogens is 1. The normalized spacial score (nSPS) is 11.5. The average molecular weight is 414 g/mol. The van der Waals surface area contributed by atoms with Gasteiger partial charge in [-0.3, -0.25) is 0 Å². The number of ether oxygens (including phenoxy) is 1. The molecule has 0 atom stereocenters. The van der Waals surface area contributed by atoms with Crippen molar-refractivity contribution in [3.05, 3.63) is 64.6 Å². The molecule has 0 aliphatic rings. The Morgan fingerprint density at radius 2 is 1.64 bits per heavy atom. The molecule has 1 aromatic heterocycles. The summed E-state index contributed by atoms with van der Waals surface area (Å²) >= 11 is 12.2. The van der Waals surface area contributed by atoms with Crippen LogP contribution in [0.5, 0.6) is 5.75 Å². The first kappa shape index (κ1) is 18.9. The van der Waals surface area contributed by atoms with Crippen molar-refractivity contribution in [1.82, 2.24) is 9.88 Å². The van der Waals surface area contributed by atoms with Crippen molar-refractivity contribution in [3.63, 3.8) is 0 Å². The van der Waals surface area contributed by atoms with E-state index >= 15 is 0 Å². The van der Waals surface area contributed by atoms with E-state index in [1.165, 1.54) is 0 Å². The Kier molecular flexibility index (Phi) is 5.36. The van der Waals surface area contributed by atoms with Gasteiger partial charge in [0.05, 0.1) is 5.52 Å². The zero-order valence-electron chi connectivity index (χ0n) is 15.7. The molecule has 6 heteroatoms. The van der Waals surface area contributed by atoms with Gasteiger partial charge in [-0.1, -0.05) is 23.2 Å². The van der Waals surface area contributed by atoms with E-state index in [4.69, 9.17) is 27.9 Å². The molecule has 2 N–H and O–H groups in total. The van der Waals surface area contributed by atoms with Crippen LogP contribution in [-0.2, 0) is 0 Å². The van der Waals surface area contributed by atoms with Gasteiger partial charge in [-0.15, -0.1) is 0 Å². The minimum Gasteiger partial charge on any atom is -0.490 e. The third kappa shape index (κ3) is 4.04. The molecule has 0 amide bonds. The van der Waals surface area contributed by atoms with Gasteiger partial charge in [0.15, 0.2) is 0 Å². The lowest BCUT2D eigenvalue weighted by molar-refractivity contribution is 0.263. The molecule has 0 saturated carbocycles. The first-order valence-corrected chi connectivity index (χ1v) is 9.80. The van der Waals surface area contributed by atoms with E-state index in [-0.39, 0.29) is 0 Å². The number of aromatic amines is 1. The Bertz CT molecular complexity index is 1120. The lowest BCUT2D eigenvalue weighted by Crippen LogP contribution is -2.19. The Morgan fingerprint density at radius 1 is 0.893 bits per heavy atom. The van der Waals surface area contributed by atoms with Crippen molar-refractivity contribution >= 4 is 56.4 Å². The second kappa shape index (κ2) is 7.92. The number of benzene rings is 3. The van der Waals surface area contributed by atoms with E-state index in [0.29, 0.717) is 16.7 Å². The predicted octanol–water partition coefficient (Wildman–Crippen LogP) is 6.31. The Labute approximate surface area is 174 Å². The van der Waals surface area contributed by atoms with Gasteiger partial charge >= 0.3 is 0 Å². The zero-order chi connectivity index (χ0) is 19.7. The first-order valence-electron chi connectivity index (χ1n) is 9.05. The fourth-order valence-corrected chi connectivity index (χ4v) is 3.46. The third-order valence-corrected chi connectivity index (χ3v) is 5.05. The Morgan fingerprint density at radius 3 is 2.39 bits per heavy atom. The van der Waals surface area contributed by atoms with Crippen LogP contribution in [0.15, 0.2) is 54.6 Å². The largest absolute Gasteiger partial charge is 0.490 e. The Balaban J connectivity index is 1.79. The zero-order valence-corrected chi connectivity index (χ0v) is 17.2. The minimum atomic E-state index is 0.600. The fraction of sp³-hybridized carbons (Fsp3) is 0.182. The molecule has 4 rings (SSSR count). The van der Waals surface area contributed by atoms with Crippen LogP contribution in [0.4, 0.5) is 11.4 Å². The van der Waals surface area contributed by atoms with Crippen LogP contribution in [0.25, 0.3) is 21.8 Å². The quantitative estimate of drug-likeness (QED) is 0.388. The number of aromatic nitrogens is 1. The summed E-state index contributed by atoms with van der Waals surface area (Å²) in [7, 11) is 4.06. The highest BCUT2D eigenvalue weighted by Crippen LogP contribution is 2.37. The fourth-order valence-electron chi connectivity index (χ4n) is 3.16. The maximum Gasteiger partial charge on any atom is 0.145 e.